The van der Waals surface area contributed by atoms with Crippen LogP contribution in [0.3, 0.4) is 0 Å². The number of likely N-dealkylation sites (tertiary alicyclic amines) is 1. The minimum Gasteiger partial charge on any atom is -0.478 e. The van der Waals surface area contributed by atoms with E-state index in [2.05, 4.69) is 4.98 Å². The first-order valence-corrected chi connectivity index (χ1v) is 9.55. The zero-order chi connectivity index (χ0) is 19.7. The Bertz CT molecular complexity index is 998. The SMILES string of the molecule is CC(C)(Oc1ccc(Cl)cc1)C(=O)N1CC(Oc2ccc3ccccc3n2)C1. The van der Waals surface area contributed by atoms with Gasteiger partial charge in [0.2, 0.25) is 5.88 Å². The number of hydrogen-bond donors (Lipinski definition) is 0. The molecule has 1 aliphatic heterocycles. The number of benzene rings is 2. The van der Waals surface area contributed by atoms with Crippen LogP contribution in [0, 0.1) is 0 Å². The highest BCUT2D eigenvalue weighted by atomic mass is 35.5. The molecule has 144 valence electrons. The van der Waals surface area contributed by atoms with Crippen LogP contribution in [0.1, 0.15) is 13.8 Å². The molecule has 6 heteroatoms. The van der Waals surface area contributed by atoms with Gasteiger partial charge in [-0.3, -0.25) is 4.79 Å². The average Bonchev–Trinajstić information content (AvgIpc) is 2.65. The quantitative estimate of drug-likeness (QED) is 0.644. The summed E-state index contributed by atoms with van der Waals surface area (Å²) in [7, 11) is 0. The van der Waals surface area contributed by atoms with Crippen LogP contribution in [0.4, 0.5) is 0 Å². The smallest absolute Gasteiger partial charge is 0.266 e. The molecule has 0 saturated carbocycles. The number of rotatable bonds is 5. The molecule has 1 fully saturated rings. The van der Waals surface area contributed by atoms with Crippen molar-refractivity contribution < 1.29 is 14.3 Å². The van der Waals surface area contributed by atoms with Gasteiger partial charge in [0.25, 0.3) is 5.91 Å². The van der Waals surface area contributed by atoms with Crippen molar-refractivity contribution >= 4 is 28.4 Å². The molecule has 5 nitrogen and oxygen atoms in total. The molecule has 0 aliphatic carbocycles. The van der Waals surface area contributed by atoms with Crippen LogP contribution in [0.15, 0.2) is 60.7 Å². The topological polar surface area (TPSA) is 51.7 Å². The molecule has 0 unspecified atom stereocenters. The molecule has 1 aliphatic rings. The maximum Gasteiger partial charge on any atom is 0.266 e. The van der Waals surface area contributed by atoms with Crippen LogP contribution in [0.5, 0.6) is 11.6 Å². The third-order valence-electron chi connectivity index (χ3n) is 4.70. The maximum absolute atomic E-state index is 12.8. The number of nitrogens with zero attached hydrogens (tertiary/aromatic N) is 2. The largest absolute Gasteiger partial charge is 0.478 e. The summed E-state index contributed by atoms with van der Waals surface area (Å²) >= 11 is 5.89. The van der Waals surface area contributed by atoms with E-state index >= 15 is 0 Å². The molecule has 1 amide bonds. The summed E-state index contributed by atoms with van der Waals surface area (Å²) in [4.78, 5) is 19.1. The van der Waals surface area contributed by atoms with Gasteiger partial charge in [-0.2, -0.15) is 0 Å². The normalized spacial score (nSPS) is 14.6. The molecular formula is C22H21ClN2O3. The molecule has 0 radical (unpaired) electrons. The van der Waals surface area contributed by atoms with Crippen LogP contribution in [-0.4, -0.2) is 40.6 Å². The van der Waals surface area contributed by atoms with Crippen molar-refractivity contribution in [3.8, 4) is 11.6 Å². The molecule has 4 rings (SSSR count). The molecule has 1 saturated heterocycles. The summed E-state index contributed by atoms with van der Waals surface area (Å²) in [6, 6.07) is 18.7. The number of hydrogen-bond acceptors (Lipinski definition) is 4. The Morgan fingerprint density at radius 1 is 1.07 bits per heavy atom. The Kier molecular flexibility index (Phi) is 4.85. The minimum absolute atomic E-state index is 0.0658. The third-order valence-corrected chi connectivity index (χ3v) is 4.95. The van der Waals surface area contributed by atoms with Crippen LogP contribution >= 0.6 is 11.6 Å². The van der Waals surface area contributed by atoms with Gasteiger partial charge < -0.3 is 14.4 Å². The first-order chi connectivity index (χ1) is 13.4. The predicted octanol–water partition coefficient (Wildman–Crippen LogP) is 4.34. The Morgan fingerprint density at radius 3 is 2.54 bits per heavy atom. The lowest BCUT2D eigenvalue weighted by Gasteiger charge is -2.42. The van der Waals surface area contributed by atoms with Crippen molar-refractivity contribution in [1.29, 1.82) is 0 Å². The van der Waals surface area contributed by atoms with Gasteiger partial charge in [-0.25, -0.2) is 4.98 Å². The van der Waals surface area contributed by atoms with Crippen molar-refractivity contribution in [2.75, 3.05) is 13.1 Å². The second kappa shape index (κ2) is 7.32. The summed E-state index contributed by atoms with van der Waals surface area (Å²) in [5.41, 5.74) is -0.0789. The highest BCUT2D eigenvalue weighted by molar-refractivity contribution is 6.30. The number of carbonyl (C=O) groups excluding carboxylic acids is 1. The van der Waals surface area contributed by atoms with Crippen molar-refractivity contribution in [2.45, 2.75) is 25.6 Å². The second-order valence-corrected chi connectivity index (χ2v) is 7.79. The zero-order valence-corrected chi connectivity index (χ0v) is 16.5. The summed E-state index contributed by atoms with van der Waals surface area (Å²) < 4.78 is 11.8. The highest BCUT2D eigenvalue weighted by Crippen LogP contribution is 2.26. The number of halogens is 1. The molecule has 28 heavy (non-hydrogen) atoms. The fraction of sp³-hybridized carbons (Fsp3) is 0.273. The number of fused-ring (bicyclic) bond motifs is 1. The van der Waals surface area contributed by atoms with Gasteiger partial charge >= 0.3 is 0 Å². The van der Waals surface area contributed by atoms with Gasteiger partial charge in [-0.05, 0) is 50.2 Å². The van der Waals surface area contributed by atoms with E-state index in [1.54, 1.807) is 43.0 Å². The van der Waals surface area contributed by atoms with E-state index in [9.17, 15) is 4.79 Å². The van der Waals surface area contributed by atoms with Crippen LogP contribution in [-0.2, 0) is 4.79 Å². The van der Waals surface area contributed by atoms with Gasteiger partial charge in [-0.1, -0.05) is 29.8 Å². The van der Waals surface area contributed by atoms with Crippen LogP contribution in [0.2, 0.25) is 5.02 Å². The second-order valence-electron chi connectivity index (χ2n) is 7.36. The summed E-state index contributed by atoms with van der Waals surface area (Å²) in [6.07, 6.45) is -0.0658. The van der Waals surface area contributed by atoms with Gasteiger partial charge in [-0.15, -0.1) is 0 Å². The molecule has 1 aromatic heterocycles. The van der Waals surface area contributed by atoms with E-state index in [-0.39, 0.29) is 12.0 Å². The zero-order valence-electron chi connectivity index (χ0n) is 15.8. The van der Waals surface area contributed by atoms with Gasteiger partial charge in [0.1, 0.15) is 11.9 Å². The number of amides is 1. The van der Waals surface area contributed by atoms with E-state index in [4.69, 9.17) is 21.1 Å². The summed E-state index contributed by atoms with van der Waals surface area (Å²) in [5.74, 6) is 1.11. The molecule has 2 heterocycles. The van der Waals surface area contributed by atoms with E-state index in [0.717, 1.165) is 10.9 Å². The Balaban J connectivity index is 1.34. The van der Waals surface area contributed by atoms with Crippen molar-refractivity contribution in [3.05, 3.63) is 65.7 Å². The molecule has 0 spiro atoms. The standard InChI is InChI=1S/C22H21ClN2O3/c1-22(2,28-17-10-8-16(23)9-11-17)21(26)25-13-18(14-25)27-20-12-7-15-5-3-4-6-19(15)24-20/h3-12,18H,13-14H2,1-2H3. The number of para-hydroxylation sites is 1. The van der Waals surface area contributed by atoms with E-state index < -0.39 is 5.60 Å². The van der Waals surface area contributed by atoms with E-state index in [1.165, 1.54) is 0 Å². The minimum atomic E-state index is -0.972. The van der Waals surface area contributed by atoms with Gasteiger partial charge in [0.05, 0.1) is 18.6 Å². The molecule has 2 aromatic carbocycles. The monoisotopic (exact) mass is 396 g/mol. The van der Waals surface area contributed by atoms with Gasteiger partial charge in [0.15, 0.2) is 5.60 Å². The van der Waals surface area contributed by atoms with Crippen molar-refractivity contribution in [2.24, 2.45) is 0 Å². The number of aromatic nitrogens is 1. The number of carbonyl (C=O) groups is 1. The molecule has 0 atom stereocenters. The highest BCUT2D eigenvalue weighted by Gasteiger charge is 2.41. The Morgan fingerprint density at radius 2 is 1.79 bits per heavy atom. The molecule has 0 N–H and O–H groups in total. The fourth-order valence-corrected chi connectivity index (χ4v) is 3.31. The Hall–Kier alpha value is -2.79. The van der Waals surface area contributed by atoms with E-state index in [1.807, 2.05) is 36.4 Å². The predicted molar refractivity (Wildman–Crippen MR) is 109 cm³/mol. The summed E-state index contributed by atoms with van der Waals surface area (Å²) in [6.45, 7) is 4.56. The lowest BCUT2D eigenvalue weighted by atomic mass is 10.0. The molecule has 3 aromatic rings. The fourth-order valence-electron chi connectivity index (χ4n) is 3.18. The first kappa shape index (κ1) is 18.6. The van der Waals surface area contributed by atoms with Crippen LogP contribution < -0.4 is 9.47 Å². The van der Waals surface area contributed by atoms with Crippen molar-refractivity contribution in [3.63, 3.8) is 0 Å². The Labute approximate surface area is 168 Å². The lowest BCUT2D eigenvalue weighted by molar-refractivity contribution is -0.154. The third kappa shape index (κ3) is 3.90. The lowest BCUT2D eigenvalue weighted by Crippen LogP contribution is -2.61. The first-order valence-electron chi connectivity index (χ1n) is 9.17. The van der Waals surface area contributed by atoms with Crippen LogP contribution in [0.25, 0.3) is 10.9 Å². The van der Waals surface area contributed by atoms with E-state index in [0.29, 0.717) is 29.7 Å². The molecular weight excluding hydrogens is 376 g/mol. The molecule has 0 bridgehead atoms. The van der Waals surface area contributed by atoms with Gasteiger partial charge in [0, 0.05) is 16.5 Å². The number of ether oxygens (including phenoxy) is 2. The number of pyridine rings is 1. The average molecular weight is 397 g/mol. The summed E-state index contributed by atoms with van der Waals surface area (Å²) in [5, 5.41) is 1.70. The van der Waals surface area contributed by atoms with Crippen molar-refractivity contribution in [1.82, 2.24) is 9.88 Å². The maximum atomic E-state index is 12.8.